The minimum atomic E-state index is -3.30. The number of hydrogen-bond donors (Lipinski definition) is 1. The lowest BCUT2D eigenvalue weighted by molar-refractivity contribution is 0.451. The molecule has 0 amide bonds. The fraction of sp³-hybridized carbons (Fsp3) is 0.588. The number of hydrogen-bond acceptors (Lipinski definition) is 3. The first-order valence-corrected chi connectivity index (χ1v) is 9.82. The third-order valence-corrected chi connectivity index (χ3v) is 5.60. The molecule has 1 rings (SSSR count). The van der Waals surface area contributed by atoms with Crippen molar-refractivity contribution in [2.24, 2.45) is 4.99 Å². The highest BCUT2D eigenvalue weighted by Gasteiger charge is 2.21. The Balaban J connectivity index is 0.00000529. The number of nitrogens with zero attached hydrogens (tertiary/aromatic N) is 2. The predicted octanol–water partition coefficient (Wildman–Crippen LogP) is 3.16. The SMILES string of the molecule is CCCCN(C)C(=NC)NC(CC)CS(=O)(=O)c1ccccc1.I. The molecule has 0 bridgehead atoms. The summed E-state index contributed by atoms with van der Waals surface area (Å²) < 4.78 is 25.0. The van der Waals surface area contributed by atoms with Crippen molar-refractivity contribution in [2.75, 3.05) is 26.4 Å². The van der Waals surface area contributed by atoms with Crippen molar-refractivity contribution >= 4 is 39.8 Å². The first-order chi connectivity index (χ1) is 10.9. The van der Waals surface area contributed by atoms with Gasteiger partial charge in [0.25, 0.3) is 0 Å². The molecule has 0 aliphatic carbocycles. The van der Waals surface area contributed by atoms with Gasteiger partial charge in [-0.05, 0) is 25.0 Å². The number of sulfone groups is 1. The minimum Gasteiger partial charge on any atom is -0.352 e. The lowest BCUT2D eigenvalue weighted by atomic mass is 10.2. The third-order valence-electron chi connectivity index (χ3n) is 3.77. The van der Waals surface area contributed by atoms with Crippen LogP contribution >= 0.6 is 24.0 Å². The molecule has 0 aliphatic rings. The van der Waals surface area contributed by atoms with E-state index < -0.39 is 9.84 Å². The molecule has 7 heteroatoms. The van der Waals surface area contributed by atoms with Crippen LogP contribution in [0.2, 0.25) is 0 Å². The van der Waals surface area contributed by atoms with Gasteiger partial charge in [0, 0.05) is 26.7 Å². The fourth-order valence-corrected chi connectivity index (χ4v) is 3.89. The molecule has 24 heavy (non-hydrogen) atoms. The van der Waals surface area contributed by atoms with E-state index in [0.717, 1.165) is 25.3 Å². The highest BCUT2D eigenvalue weighted by atomic mass is 127. The van der Waals surface area contributed by atoms with Crippen LogP contribution < -0.4 is 5.32 Å². The van der Waals surface area contributed by atoms with E-state index in [1.165, 1.54) is 0 Å². The van der Waals surface area contributed by atoms with E-state index in [1.54, 1.807) is 31.3 Å². The maximum atomic E-state index is 12.5. The Morgan fingerprint density at radius 2 is 1.88 bits per heavy atom. The second-order valence-electron chi connectivity index (χ2n) is 5.67. The second-order valence-corrected chi connectivity index (χ2v) is 7.70. The van der Waals surface area contributed by atoms with Gasteiger partial charge in [-0.25, -0.2) is 8.42 Å². The summed E-state index contributed by atoms with van der Waals surface area (Å²) in [6, 6.07) is 8.44. The maximum absolute atomic E-state index is 12.5. The lowest BCUT2D eigenvalue weighted by Crippen LogP contribution is -2.47. The van der Waals surface area contributed by atoms with Crippen LogP contribution in [0.1, 0.15) is 33.1 Å². The van der Waals surface area contributed by atoms with Crippen LogP contribution in [0.25, 0.3) is 0 Å². The number of unbranched alkanes of at least 4 members (excludes halogenated alkanes) is 1. The summed E-state index contributed by atoms with van der Waals surface area (Å²) in [6.07, 6.45) is 2.91. The summed E-state index contributed by atoms with van der Waals surface area (Å²) >= 11 is 0. The van der Waals surface area contributed by atoms with Gasteiger partial charge in [0.05, 0.1) is 10.6 Å². The van der Waals surface area contributed by atoms with Crippen molar-refractivity contribution in [3.63, 3.8) is 0 Å². The Morgan fingerprint density at radius 1 is 1.25 bits per heavy atom. The average Bonchev–Trinajstić information content (AvgIpc) is 2.57. The molecule has 0 radical (unpaired) electrons. The number of guanidine groups is 1. The van der Waals surface area contributed by atoms with Crippen molar-refractivity contribution in [1.82, 2.24) is 10.2 Å². The summed E-state index contributed by atoms with van der Waals surface area (Å²) in [5.41, 5.74) is 0. The highest BCUT2D eigenvalue weighted by Crippen LogP contribution is 2.12. The van der Waals surface area contributed by atoms with Crippen LogP contribution in [0, 0.1) is 0 Å². The van der Waals surface area contributed by atoms with Crippen molar-refractivity contribution in [3.8, 4) is 0 Å². The molecule has 1 atom stereocenters. The maximum Gasteiger partial charge on any atom is 0.193 e. The van der Waals surface area contributed by atoms with E-state index in [2.05, 4.69) is 17.2 Å². The molecule has 1 aromatic rings. The summed E-state index contributed by atoms with van der Waals surface area (Å²) in [5.74, 6) is 0.808. The number of aliphatic imine (C=N–C) groups is 1. The molecular formula is C17H30IN3O2S. The zero-order valence-electron chi connectivity index (χ0n) is 15.0. The highest BCUT2D eigenvalue weighted by molar-refractivity contribution is 14.0. The normalized spacial score (nSPS) is 13.1. The first-order valence-electron chi connectivity index (χ1n) is 8.16. The van der Waals surface area contributed by atoms with Gasteiger partial charge >= 0.3 is 0 Å². The molecule has 0 aliphatic heterocycles. The largest absolute Gasteiger partial charge is 0.352 e. The molecule has 1 unspecified atom stereocenters. The Labute approximate surface area is 163 Å². The van der Waals surface area contributed by atoms with Gasteiger partial charge in [-0.1, -0.05) is 38.5 Å². The smallest absolute Gasteiger partial charge is 0.193 e. The van der Waals surface area contributed by atoms with Crippen LogP contribution in [0.5, 0.6) is 0 Å². The van der Waals surface area contributed by atoms with Crippen LogP contribution in [0.4, 0.5) is 0 Å². The van der Waals surface area contributed by atoms with Crippen molar-refractivity contribution < 1.29 is 8.42 Å². The first kappa shape index (κ1) is 23.2. The van der Waals surface area contributed by atoms with Gasteiger partial charge in [0.2, 0.25) is 0 Å². The Hall–Kier alpha value is -0.830. The van der Waals surface area contributed by atoms with E-state index in [9.17, 15) is 8.42 Å². The van der Waals surface area contributed by atoms with Gasteiger partial charge in [-0.15, -0.1) is 24.0 Å². The van der Waals surface area contributed by atoms with Gasteiger partial charge in [0.15, 0.2) is 15.8 Å². The standard InChI is InChI=1S/C17H29N3O2S.HI/c1-5-7-13-20(4)17(18-3)19-15(6-2)14-23(21,22)16-11-9-8-10-12-16;/h8-12,15H,5-7,13-14H2,1-4H3,(H,18,19);1H. The molecule has 0 fully saturated rings. The number of nitrogens with one attached hydrogen (secondary N) is 1. The van der Waals surface area contributed by atoms with Gasteiger partial charge < -0.3 is 10.2 Å². The predicted molar refractivity (Wildman–Crippen MR) is 112 cm³/mol. The third kappa shape index (κ3) is 7.38. The quantitative estimate of drug-likeness (QED) is 0.363. The molecule has 1 aromatic carbocycles. The number of rotatable bonds is 8. The lowest BCUT2D eigenvalue weighted by Gasteiger charge is -2.26. The molecule has 1 N–H and O–H groups in total. The summed E-state index contributed by atoms with van der Waals surface area (Å²) in [7, 11) is 0.397. The monoisotopic (exact) mass is 467 g/mol. The fourth-order valence-electron chi connectivity index (χ4n) is 2.28. The topological polar surface area (TPSA) is 61.8 Å². The average molecular weight is 467 g/mol. The summed E-state index contributed by atoms with van der Waals surface area (Å²) in [6.45, 7) is 5.03. The van der Waals surface area contributed by atoms with Crippen LogP contribution in [0.3, 0.4) is 0 Å². The molecular weight excluding hydrogens is 437 g/mol. The summed E-state index contributed by atoms with van der Waals surface area (Å²) in [5, 5.41) is 3.28. The summed E-state index contributed by atoms with van der Waals surface area (Å²) in [4.78, 5) is 6.68. The van der Waals surface area contributed by atoms with Crippen LogP contribution in [-0.4, -0.2) is 51.7 Å². The molecule has 138 valence electrons. The molecule has 5 nitrogen and oxygen atoms in total. The van der Waals surface area contributed by atoms with E-state index >= 15 is 0 Å². The molecule has 0 aromatic heterocycles. The van der Waals surface area contributed by atoms with E-state index in [-0.39, 0.29) is 35.8 Å². The van der Waals surface area contributed by atoms with Gasteiger partial charge in [0.1, 0.15) is 0 Å². The van der Waals surface area contributed by atoms with Crippen LogP contribution in [-0.2, 0) is 9.84 Å². The zero-order valence-corrected chi connectivity index (χ0v) is 18.2. The van der Waals surface area contributed by atoms with Gasteiger partial charge in [-0.3, -0.25) is 4.99 Å². The number of benzene rings is 1. The second kappa shape index (κ2) is 11.7. The van der Waals surface area contributed by atoms with Crippen LogP contribution in [0.15, 0.2) is 40.2 Å². The van der Waals surface area contributed by atoms with Crippen molar-refractivity contribution in [3.05, 3.63) is 30.3 Å². The van der Waals surface area contributed by atoms with Crippen molar-refractivity contribution in [1.29, 1.82) is 0 Å². The van der Waals surface area contributed by atoms with Gasteiger partial charge in [-0.2, -0.15) is 0 Å². The van der Waals surface area contributed by atoms with E-state index in [4.69, 9.17) is 0 Å². The zero-order chi connectivity index (χ0) is 17.3. The Morgan fingerprint density at radius 3 is 2.38 bits per heavy atom. The molecule has 0 heterocycles. The minimum absolute atomic E-state index is 0. The Bertz CT molecular complexity index is 591. The molecule has 0 spiro atoms. The number of halogens is 1. The van der Waals surface area contributed by atoms with E-state index in [1.807, 2.05) is 24.9 Å². The van der Waals surface area contributed by atoms with E-state index in [0.29, 0.717) is 11.3 Å². The Kier molecular flexibility index (Phi) is 11.3. The van der Waals surface area contributed by atoms with Crippen molar-refractivity contribution in [2.45, 2.75) is 44.0 Å². The molecule has 0 saturated carbocycles. The molecule has 0 saturated heterocycles.